The number of nitrogens with zero attached hydrogens (tertiary/aromatic N) is 3. The highest BCUT2D eigenvalue weighted by atomic mass is 16.5. The van der Waals surface area contributed by atoms with Gasteiger partial charge < -0.3 is 14.7 Å². The van der Waals surface area contributed by atoms with E-state index in [0.29, 0.717) is 31.7 Å². The zero-order valence-electron chi connectivity index (χ0n) is 14.2. The molecule has 1 aliphatic heterocycles. The van der Waals surface area contributed by atoms with E-state index in [1.165, 1.54) is 0 Å². The summed E-state index contributed by atoms with van der Waals surface area (Å²) in [5.74, 6) is -1.02. The number of ether oxygens (including phenoxy) is 1. The molecule has 0 saturated carbocycles. The van der Waals surface area contributed by atoms with Gasteiger partial charge in [0.25, 0.3) is 5.91 Å². The average molecular weight is 323 g/mol. The first-order valence-electron chi connectivity index (χ1n) is 7.94. The van der Waals surface area contributed by atoms with Gasteiger partial charge in [0.1, 0.15) is 0 Å². The first kappa shape index (κ1) is 17.5. The van der Waals surface area contributed by atoms with Crippen LogP contribution in [0, 0.1) is 0 Å². The van der Waals surface area contributed by atoms with Crippen LogP contribution >= 0.6 is 0 Å². The van der Waals surface area contributed by atoms with Crippen molar-refractivity contribution in [2.75, 3.05) is 19.7 Å². The molecule has 1 saturated heterocycles. The quantitative estimate of drug-likeness (QED) is 0.908. The average Bonchev–Trinajstić information content (AvgIpc) is 2.89. The summed E-state index contributed by atoms with van der Waals surface area (Å²) in [6.07, 6.45) is 1.79. The molecule has 0 spiro atoms. The molecule has 1 aromatic heterocycles. The van der Waals surface area contributed by atoms with Gasteiger partial charge in [-0.15, -0.1) is 0 Å². The maximum atomic E-state index is 12.8. The van der Waals surface area contributed by atoms with E-state index in [1.807, 2.05) is 32.4 Å². The highest BCUT2D eigenvalue weighted by Gasteiger charge is 2.30. The third kappa shape index (κ3) is 3.90. The number of hydrogen-bond acceptors (Lipinski definition) is 4. The van der Waals surface area contributed by atoms with E-state index in [-0.39, 0.29) is 17.9 Å². The molecule has 1 fully saturated rings. The minimum atomic E-state index is -0.918. The number of carboxylic acids is 1. The van der Waals surface area contributed by atoms with E-state index >= 15 is 0 Å². The van der Waals surface area contributed by atoms with Gasteiger partial charge in [0, 0.05) is 13.1 Å². The topological polar surface area (TPSA) is 84.7 Å². The second kappa shape index (κ2) is 6.70. The van der Waals surface area contributed by atoms with Crippen LogP contribution in [0.5, 0.6) is 0 Å². The van der Waals surface area contributed by atoms with Crippen molar-refractivity contribution >= 4 is 11.9 Å². The molecule has 0 aliphatic carbocycles. The van der Waals surface area contributed by atoms with Crippen LogP contribution in [-0.4, -0.2) is 57.5 Å². The number of carbonyl (C=O) groups excluding carboxylic acids is 1. The fourth-order valence-electron chi connectivity index (χ4n) is 2.86. The van der Waals surface area contributed by atoms with Gasteiger partial charge in [-0.1, -0.05) is 6.92 Å². The highest BCUT2D eigenvalue weighted by molar-refractivity contribution is 5.95. The summed E-state index contributed by atoms with van der Waals surface area (Å²) in [4.78, 5) is 25.3. The fraction of sp³-hybridized carbons (Fsp3) is 0.688. The molecular weight excluding hydrogens is 298 g/mol. The van der Waals surface area contributed by atoms with Crippen LogP contribution in [0.15, 0.2) is 6.20 Å². The summed E-state index contributed by atoms with van der Waals surface area (Å²) in [6.45, 7) is 9.27. The number of carboxylic acid groups (broad SMARTS) is 1. The van der Waals surface area contributed by atoms with Crippen LogP contribution in [-0.2, 0) is 21.5 Å². The van der Waals surface area contributed by atoms with Crippen molar-refractivity contribution in [1.82, 2.24) is 14.7 Å². The van der Waals surface area contributed by atoms with Crippen molar-refractivity contribution < 1.29 is 19.4 Å². The van der Waals surface area contributed by atoms with Crippen LogP contribution in [0.3, 0.4) is 0 Å². The number of morpholine rings is 1. The van der Waals surface area contributed by atoms with Crippen molar-refractivity contribution in [3.8, 4) is 0 Å². The van der Waals surface area contributed by atoms with Crippen molar-refractivity contribution in [1.29, 1.82) is 0 Å². The molecule has 0 radical (unpaired) electrons. The van der Waals surface area contributed by atoms with Gasteiger partial charge in [-0.25, -0.2) is 0 Å². The second-order valence-corrected chi connectivity index (χ2v) is 6.78. The molecule has 0 aromatic carbocycles. The smallest absolute Gasteiger partial charge is 0.306 e. The predicted molar refractivity (Wildman–Crippen MR) is 84.5 cm³/mol. The first-order chi connectivity index (χ1) is 10.7. The zero-order chi connectivity index (χ0) is 17.2. The van der Waals surface area contributed by atoms with Gasteiger partial charge in [0.05, 0.1) is 42.1 Å². The van der Waals surface area contributed by atoms with Crippen molar-refractivity contribution in [3.63, 3.8) is 0 Å². The van der Waals surface area contributed by atoms with Crippen LogP contribution in [0.25, 0.3) is 0 Å². The Labute approximate surface area is 136 Å². The Balaban J connectivity index is 2.20. The monoisotopic (exact) mass is 323 g/mol. The zero-order valence-corrected chi connectivity index (χ0v) is 14.2. The van der Waals surface area contributed by atoms with E-state index in [0.717, 1.165) is 5.69 Å². The largest absolute Gasteiger partial charge is 0.481 e. The van der Waals surface area contributed by atoms with Gasteiger partial charge in [0.2, 0.25) is 0 Å². The van der Waals surface area contributed by atoms with Crippen LogP contribution in [0.2, 0.25) is 0 Å². The minimum absolute atomic E-state index is 0.0916. The Morgan fingerprint density at radius 1 is 1.43 bits per heavy atom. The van der Waals surface area contributed by atoms with Crippen LogP contribution in [0.1, 0.15) is 50.2 Å². The standard InChI is InChI=1S/C16H25N3O4/c1-5-13-12(9-17-19(13)16(2,3)4)15(22)18-6-7-23-11(10-18)8-14(20)21/h9,11H,5-8,10H2,1-4H3,(H,20,21). The Morgan fingerprint density at radius 3 is 2.70 bits per heavy atom. The molecule has 7 nitrogen and oxygen atoms in total. The maximum absolute atomic E-state index is 12.8. The number of aliphatic carboxylic acids is 1. The highest BCUT2D eigenvalue weighted by Crippen LogP contribution is 2.22. The Morgan fingerprint density at radius 2 is 2.13 bits per heavy atom. The SMILES string of the molecule is CCc1c(C(=O)N2CCOC(CC(=O)O)C2)cnn1C(C)(C)C. The molecule has 128 valence electrons. The van der Waals surface area contributed by atoms with Gasteiger partial charge >= 0.3 is 5.97 Å². The Hall–Kier alpha value is -1.89. The van der Waals surface area contributed by atoms with Crippen molar-refractivity contribution in [3.05, 3.63) is 17.5 Å². The van der Waals surface area contributed by atoms with Gasteiger partial charge in [-0.3, -0.25) is 14.3 Å². The Kier molecular flexibility index (Phi) is 5.09. The summed E-state index contributed by atoms with van der Waals surface area (Å²) >= 11 is 0. The number of amides is 1. The fourth-order valence-corrected chi connectivity index (χ4v) is 2.86. The van der Waals surface area contributed by atoms with E-state index in [4.69, 9.17) is 9.84 Å². The molecule has 1 unspecified atom stereocenters. The lowest BCUT2D eigenvalue weighted by molar-refractivity contribution is -0.141. The summed E-state index contributed by atoms with van der Waals surface area (Å²) in [5.41, 5.74) is 1.31. The summed E-state index contributed by atoms with van der Waals surface area (Å²) in [5, 5.41) is 13.3. The predicted octanol–water partition coefficient (Wildman–Crippen LogP) is 1.52. The van der Waals surface area contributed by atoms with Gasteiger partial charge in [-0.05, 0) is 27.2 Å². The van der Waals surface area contributed by atoms with Crippen LogP contribution < -0.4 is 0 Å². The third-order valence-electron chi connectivity index (χ3n) is 3.90. The summed E-state index contributed by atoms with van der Waals surface area (Å²) in [7, 11) is 0. The molecule has 0 bridgehead atoms. The van der Waals surface area contributed by atoms with Gasteiger partial charge in [0.15, 0.2) is 0 Å². The molecule has 2 heterocycles. The Bertz CT molecular complexity index is 589. The molecule has 1 aromatic rings. The summed E-state index contributed by atoms with van der Waals surface area (Å²) in [6, 6.07) is 0. The molecule has 1 amide bonds. The summed E-state index contributed by atoms with van der Waals surface area (Å²) < 4.78 is 7.31. The lowest BCUT2D eigenvalue weighted by atomic mass is 10.1. The molecule has 23 heavy (non-hydrogen) atoms. The maximum Gasteiger partial charge on any atom is 0.306 e. The van der Waals surface area contributed by atoms with E-state index < -0.39 is 12.1 Å². The molecule has 1 aliphatic rings. The number of aromatic nitrogens is 2. The number of hydrogen-bond donors (Lipinski definition) is 1. The normalized spacial score (nSPS) is 19.0. The van der Waals surface area contributed by atoms with Crippen molar-refractivity contribution in [2.24, 2.45) is 0 Å². The molecule has 2 rings (SSSR count). The number of carbonyl (C=O) groups is 2. The van der Waals surface area contributed by atoms with E-state index in [9.17, 15) is 9.59 Å². The number of rotatable bonds is 4. The minimum Gasteiger partial charge on any atom is -0.481 e. The second-order valence-electron chi connectivity index (χ2n) is 6.78. The lowest BCUT2D eigenvalue weighted by Crippen LogP contribution is -2.46. The van der Waals surface area contributed by atoms with E-state index in [1.54, 1.807) is 11.1 Å². The first-order valence-corrected chi connectivity index (χ1v) is 7.94. The van der Waals surface area contributed by atoms with Crippen LogP contribution in [0.4, 0.5) is 0 Å². The molecular formula is C16H25N3O4. The van der Waals surface area contributed by atoms with E-state index in [2.05, 4.69) is 5.10 Å². The molecule has 1 N–H and O–H groups in total. The lowest BCUT2D eigenvalue weighted by Gasteiger charge is -2.32. The molecule has 7 heteroatoms. The molecule has 1 atom stereocenters. The third-order valence-corrected chi connectivity index (χ3v) is 3.90. The van der Waals surface area contributed by atoms with Crippen molar-refractivity contribution in [2.45, 2.75) is 52.2 Å². The van der Waals surface area contributed by atoms with Gasteiger partial charge in [-0.2, -0.15) is 5.10 Å².